The molecule has 3 rings (SSSR count). The Morgan fingerprint density at radius 3 is 2.64 bits per heavy atom. The minimum Gasteiger partial charge on any atom is -0.392 e. The summed E-state index contributed by atoms with van der Waals surface area (Å²) in [5, 5.41) is 9.53. The summed E-state index contributed by atoms with van der Waals surface area (Å²) in [6.45, 7) is -0.682. The van der Waals surface area contributed by atoms with Crippen LogP contribution in [0.4, 0.5) is 17.6 Å². The van der Waals surface area contributed by atoms with Crippen molar-refractivity contribution in [1.29, 1.82) is 0 Å². The number of halogens is 5. The molecule has 1 aromatic heterocycles. The number of aromatic nitrogens is 2. The van der Waals surface area contributed by atoms with Crippen molar-refractivity contribution < 1.29 is 22.7 Å². The van der Waals surface area contributed by atoms with Crippen LogP contribution in [0.25, 0.3) is 22.2 Å². The van der Waals surface area contributed by atoms with E-state index in [1.165, 1.54) is 10.9 Å². The lowest BCUT2D eigenvalue weighted by atomic mass is 9.99. The lowest BCUT2D eigenvalue weighted by molar-refractivity contribution is -0.137. The SMILES string of the molecule is NC/C=C(\F)Cn1cnc2c(-c3cccc(CO)c3Cl)cc(C(F)(F)F)cc21. The van der Waals surface area contributed by atoms with E-state index in [9.17, 15) is 22.7 Å². The molecule has 0 saturated heterocycles. The van der Waals surface area contributed by atoms with E-state index in [2.05, 4.69) is 4.98 Å². The maximum absolute atomic E-state index is 13.9. The summed E-state index contributed by atoms with van der Waals surface area (Å²) in [4.78, 5) is 4.18. The van der Waals surface area contributed by atoms with Crippen molar-refractivity contribution in [3.8, 4) is 11.1 Å². The number of nitrogens with two attached hydrogens (primary N) is 1. The summed E-state index contributed by atoms with van der Waals surface area (Å²) < 4.78 is 55.6. The van der Waals surface area contributed by atoms with Crippen molar-refractivity contribution in [2.24, 2.45) is 5.73 Å². The van der Waals surface area contributed by atoms with Crippen LogP contribution in [-0.4, -0.2) is 21.2 Å². The van der Waals surface area contributed by atoms with Gasteiger partial charge in [0, 0.05) is 17.7 Å². The predicted molar refractivity (Wildman–Crippen MR) is 99.3 cm³/mol. The first kappa shape index (κ1) is 20.3. The average Bonchev–Trinajstić information content (AvgIpc) is 3.03. The third-order valence-corrected chi connectivity index (χ3v) is 4.70. The molecular formula is C19H16ClF4N3O. The molecule has 0 bridgehead atoms. The molecule has 0 aliphatic heterocycles. The highest BCUT2D eigenvalue weighted by Crippen LogP contribution is 2.40. The number of aliphatic hydroxyl groups excluding tert-OH is 1. The van der Waals surface area contributed by atoms with Gasteiger partial charge in [0.2, 0.25) is 0 Å². The van der Waals surface area contributed by atoms with E-state index in [1.807, 2.05) is 0 Å². The average molecular weight is 414 g/mol. The van der Waals surface area contributed by atoms with Gasteiger partial charge in [-0.1, -0.05) is 29.8 Å². The number of benzene rings is 2. The Kier molecular flexibility index (Phi) is 5.74. The van der Waals surface area contributed by atoms with Gasteiger partial charge in [-0.2, -0.15) is 13.2 Å². The number of alkyl halides is 3. The molecular weight excluding hydrogens is 398 g/mol. The van der Waals surface area contributed by atoms with Crippen LogP contribution >= 0.6 is 11.6 Å². The van der Waals surface area contributed by atoms with Crippen molar-refractivity contribution in [1.82, 2.24) is 9.55 Å². The van der Waals surface area contributed by atoms with Crippen LogP contribution in [0.3, 0.4) is 0 Å². The molecule has 0 spiro atoms. The molecule has 0 saturated carbocycles. The van der Waals surface area contributed by atoms with Crippen LogP contribution in [0.5, 0.6) is 0 Å². The molecule has 28 heavy (non-hydrogen) atoms. The number of aliphatic hydroxyl groups is 1. The number of imidazole rings is 1. The van der Waals surface area contributed by atoms with Crippen molar-refractivity contribution >= 4 is 22.6 Å². The van der Waals surface area contributed by atoms with Crippen molar-refractivity contribution in [3.63, 3.8) is 0 Å². The van der Waals surface area contributed by atoms with Gasteiger partial charge in [0.15, 0.2) is 0 Å². The van der Waals surface area contributed by atoms with Gasteiger partial charge in [-0.25, -0.2) is 9.37 Å². The monoisotopic (exact) mass is 413 g/mol. The summed E-state index contributed by atoms with van der Waals surface area (Å²) >= 11 is 6.28. The second kappa shape index (κ2) is 7.90. The summed E-state index contributed by atoms with van der Waals surface area (Å²) in [6, 6.07) is 6.57. The topological polar surface area (TPSA) is 64.1 Å². The standard InChI is InChI=1S/C19H16ClF4N3O/c20-17-11(9-28)2-1-3-14(17)15-6-12(19(22,23)24)7-16-18(15)26-10-27(16)8-13(21)4-5-25/h1-4,6-7,10,28H,5,8-9,25H2/b13-4-. The molecule has 0 radical (unpaired) electrons. The lowest BCUT2D eigenvalue weighted by Gasteiger charge is -2.14. The molecule has 0 unspecified atom stereocenters. The van der Waals surface area contributed by atoms with E-state index >= 15 is 0 Å². The van der Waals surface area contributed by atoms with Crippen molar-refractivity contribution in [2.45, 2.75) is 19.3 Å². The molecule has 0 fully saturated rings. The Morgan fingerprint density at radius 2 is 2.00 bits per heavy atom. The van der Waals surface area contributed by atoms with Gasteiger partial charge in [0.1, 0.15) is 5.83 Å². The van der Waals surface area contributed by atoms with E-state index in [4.69, 9.17) is 17.3 Å². The Labute approximate surface area is 162 Å². The van der Waals surface area contributed by atoms with E-state index in [-0.39, 0.29) is 41.3 Å². The first-order valence-corrected chi connectivity index (χ1v) is 8.63. The Morgan fingerprint density at radius 1 is 1.25 bits per heavy atom. The van der Waals surface area contributed by atoms with Crippen LogP contribution in [0.15, 0.2) is 48.6 Å². The number of rotatable bonds is 5. The fourth-order valence-electron chi connectivity index (χ4n) is 2.92. The predicted octanol–water partition coefficient (Wildman–Crippen LogP) is 4.68. The molecule has 0 aliphatic rings. The minimum atomic E-state index is -4.62. The largest absolute Gasteiger partial charge is 0.416 e. The summed E-state index contributed by atoms with van der Waals surface area (Å²) in [6.07, 6.45) is -2.21. The molecule has 3 N–H and O–H groups in total. The third-order valence-electron chi connectivity index (χ3n) is 4.25. The summed E-state index contributed by atoms with van der Waals surface area (Å²) in [5.41, 5.74) is 5.53. The first-order chi connectivity index (χ1) is 13.3. The summed E-state index contributed by atoms with van der Waals surface area (Å²) in [5.74, 6) is -0.582. The smallest absolute Gasteiger partial charge is 0.392 e. The lowest BCUT2D eigenvalue weighted by Crippen LogP contribution is -2.07. The zero-order valence-electron chi connectivity index (χ0n) is 14.5. The molecule has 1 heterocycles. The van der Waals surface area contributed by atoms with E-state index in [1.54, 1.807) is 18.2 Å². The van der Waals surface area contributed by atoms with Crippen LogP contribution < -0.4 is 5.73 Å². The number of nitrogens with zero attached hydrogens (tertiary/aromatic N) is 2. The highest BCUT2D eigenvalue weighted by Gasteiger charge is 2.32. The normalized spacial score (nSPS) is 12.8. The van der Waals surface area contributed by atoms with Crippen LogP contribution in [0.1, 0.15) is 11.1 Å². The Balaban J connectivity index is 2.28. The van der Waals surface area contributed by atoms with Crippen molar-refractivity contribution in [2.75, 3.05) is 6.54 Å². The fourth-order valence-corrected chi connectivity index (χ4v) is 3.21. The number of hydrogen-bond acceptors (Lipinski definition) is 3. The zero-order chi connectivity index (χ0) is 20.5. The van der Waals surface area contributed by atoms with Gasteiger partial charge in [0.05, 0.1) is 41.1 Å². The van der Waals surface area contributed by atoms with Gasteiger partial charge in [0.25, 0.3) is 0 Å². The maximum Gasteiger partial charge on any atom is 0.416 e. The van der Waals surface area contributed by atoms with Gasteiger partial charge in [-0.05, 0) is 23.8 Å². The van der Waals surface area contributed by atoms with E-state index < -0.39 is 17.6 Å². The van der Waals surface area contributed by atoms with Gasteiger partial charge >= 0.3 is 6.18 Å². The van der Waals surface area contributed by atoms with Crippen LogP contribution in [-0.2, 0) is 19.3 Å². The van der Waals surface area contributed by atoms with Gasteiger partial charge in [-0.15, -0.1) is 0 Å². The Bertz CT molecular complexity index is 1040. The molecule has 9 heteroatoms. The molecule has 2 aromatic carbocycles. The number of hydrogen-bond donors (Lipinski definition) is 2. The molecule has 0 amide bonds. The van der Waals surface area contributed by atoms with Crippen LogP contribution in [0, 0.1) is 0 Å². The minimum absolute atomic E-state index is 0.0267. The fraction of sp³-hybridized carbons (Fsp3) is 0.211. The van der Waals surface area contributed by atoms with Crippen LogP contribution in [0.2, 0.25) is 5.02 Å². The van der Waals surface area contributed by atoms with Gasteiger partial charge in [-0.3, -0.25) is 0 Å². The maximum atomic E-state index is 13.9. The highest BCUT2D eigenvalue weighted by molar-refractivity contribution is 6.34. The molecule has 4 nitrogen and oxygen atoms in total. The molecule has 3 aromatic rings. The number of allylic oxidation sites excluding steroid dienone is 1. The second-order valence-electron chi connectivity index (χ2n) is 6.09. The first-order valence-electron chi connectivity index (χ1n) is 8.25. The zero-order valence-corrected chi connectivity index (χ0v) is 15.2. The summed E-state index contributed by atoms with van der Waals surface area (Å²) in [7, 11) is 0. The molecule has 148 valence electrons. The molecule has 0 aliphatic carbocycles. The second-order valence-corrected chi connectivity index (χ2v) is 6.46. The Hall–Kier alpha value is -2.42. The van der Waals surface area contributed by atoms with E-state index in [0.717, 1.165) is 18.2 Å². The molecule has 0 atom stereocenters. The third kappa shape index (κ3) is 3.89. The quantitative estimate of drug-likeness (QED) is 0.597. The number of fused-ring (bicyclic) bond motifs is 1. The van der Waals surface area contributed by atoms with Gasteiger partial charge < -0.3 is 15.4 Å². The van der Waals surface area contributed by atoms with E-state index in [0.29, 0.717) is 11.1 Å². The highest BCUT2D eigenvalue weighted by atomic mass is 35.5. The van der Waals surface area contributed by atoms with Crippen molar-refractivity contribution in [3.05, 3.63) is 64.7 Å².